The smallest absolute Gasteiger partial charge is 0.106 e. The first kappa shape index (κ1) is 10.0. The molecule has 1 aliphatic rings. The van der Waals surface area contributed by atoms with E-state index in [-0.39, 0.29) is 5.41 Å². The van der Waals surface area contributed by atoms with Crippen LogP contribution in [0.3, 0.4) is 0 Å². The predicted molar refractivity (Wildman–Crippen MR) is 63.5 cm³/mol. The SMILES string of the molecule is CC(C)C1(C)C=Nc2ccncc2N=C1. The third-order valence-electron chi connectivity index (χ3n) is 2.99. The highest BCUT2D eigenvalue weighted by Gasteiger charge is 2.25. The van der Waals surface area contributed by atoms with E-state index >= 15 is 0 Å². The molecule has 3 nitrogen and oxygen atoms in total. The van der Waals surface area contributed by atoms with Gasteiger partial charge in [-0.1, -0.05) is 13.8 Å². The van der Waals surface area contributed by atoms with Gasteiger partial charge in [-0.25, -0.2) is 0 Å². The molecule has 2 rings (SSSR count). The fraction of sp³-hybridized carbons (Fsp3) is 0.417. The van der Waals surface area contributed by atoms with Crippen LogP contribution in [0.5, 0.6) is 0 Å². The molecule has 0 N–H and O–H groups in total. The van der Waals surface area contributed by atoms with Crippen LogP contribution in [0.4, 0.5) is 11.4 Å². The number of hydrogen-bond donors (Lipinski definition) is 0. The van der Waals surface area contributed by atoms with Gasteiger partial charge in [-0.3, -0.25) is 15.0 Å². The minimum absolute atomic E-state index is 0.0704. The van der Waals surface area contributed by atoms with Gasteiger partial charge in [-0.2, -0.15) is 0 Å². The van der Waals surface area contributed by atoms with Crippen molar-refractivity contribution in [2.75, 3.05) is 0 Å². The van der Waals surface area contributed by atoms with E-state index < -0.39 is 0 Å². The Morgan fingerprint density at radius 2 is 1.80 bits per heavy atom. The average molecular weight is 201 g/mol. The standard InChI is InChI=1S/C12H15N3/c1-9(2)12(3)7-14-10-4-5-13-6-11(10)15-8-12/h4-9H,1-3H3. The summed E-state index contributed by atoms with van der Waals surface area (Å²) in [4.78, 5) is 13.0. The van der Waals surface area contributed by atoms with Crippen molar-refractivity contribution in [1.29, 1.82) is 0 Å². The highest BCUT2D eigenvalue weighted by atomic mass is 14.9. The molecule has 0 aliphatic carbocycles. The van der Waals surface area contributed by atoms with E-state index in [9.17, 15) is 0 Å². The number of pyridine rings is 1. The van der Waals surface area contributed by atoms with Gasteiger partial charge in [0.05, 0.1) is 11.9 Å². The zero-order valence-corrected chi connectivity index (χ0v) is 9.31. The first-order chi connectivity index (χ1) is 7.12. The Hall–Kier alpha value is -1.51. The topological polar surface area (TPSA) is 37.6 Å². The van der Waals surface area contributed by atoms with Crippen molar-refractivity contribution in [3.63, 3.8) is 0 Å². The van der Waals surface area contributed by atoms with Crippen LogP contribution in [0.25, 0.3) is 0 Å². The van der Waals surface area contributed by atoms with Crippen LogP contribution in [0.15, 0.2) is 28.4 Å². The lowest BCUT2D eigenvalue weighted by Gasteiger charge is -2.23. The van der Waals surface area contributed by atoms with E-state index in [4.69, 9.17) is 0 Å². The van der Waals surface area contributed by atoms with E-state index in [0.29, 0.717) is 5.92 Å². The fourth-order valence-electron chi connectivity index (χ4n) is 1.34. The summed E-state index contributed by atoms with van der Waals surface area (Å²) in [5, 5.41) is 0. The highest BCUT2D eigenvalue weighted by Crippen LogP contribution is 2.32. The molecule has 78 valence electrons. The molecule has 0 aromatic carbocycles. The Bertz CT molecular complexity index is 386. The van der Waals surface area contributed by atoms with E-state index in [0.717, 1.165) is 11.4 Å². The Labute approximate surface area is 90.0 Å². The maximum Gasteiger partial charge on any atom is 0.106 e. The minimum Gasteiger partial charge on any atom is -0.262 e. The van der Waals surface area contributed by atoms with E-state index in [1.165, 1.54) is 0 Å². The third-order valence-corrected chi connectivity index (χ3v) is 2.99. The van der Waals surface area contributed by atoms with Crippen LogP contribution >= 0.6 is 0 Å². The fourth-order valence-corrected chi connectivity index (χ4v) is 1.34. The molecule has 0 radical (unpaired) electrons. The molecule has 15 heavy (non-hydrogen) atoms. The van der Waals surface area contributed by atoms with Gasteiger partial charge >= 0.3 is 0 Å². The van der Waals surface area contributed by atoms with Crippen LogP contribution in [0, 0.1) is 11.3 Å². The summed E-state index contributed by atoms with van der Waals surface area (Å²) < 4.78 is 0. The zero-order chi connectivity index (χ0) is 10.9. The molecular weight excluding hydrogens is 186 g/mol. The van der Waals surface area contributed by atoms with Crippen LogP contribution in [-0.4, -0.2) is 17.4 Å². The third kappa shape index (κ3) is 1.82. The van der Waals surface area contributed by atoms with Crippen molar-refractivity contribution in [1.82, 2.24) is 4.98 Å². The number of aliphatic imine (C=N–C) groups is 2. The van der Waals surface area contributed by atoms with Crippen molar-refractivity contribution in [2.24, 2.45) is 21.3 Å². The molecule has 3 heteroatoms. The number of nitrogens with zero attached hydrogens (tertiary/aromatic N) is 3. The molecule has 0 fully saturated rings. The molecule has 0 spiro atoms. The number of aromatic nitrogens is 1. The molecule has 0 amide bonds. The van der Waals surface area contributed by atoms with Gasteiger partial charge in [-0.05, 0) is 18.9 Å². The Morgan fingerprint density at radius 3 is 2.47 bits per heavy atom. The minimum atomic E-state index is -0.0704. The molecule has 0 saturated heterocycles. The van der Waals surface area contributed by atoms with E-state index in [1.54, 1.807) is 12.4 Å². The maximum atomic E-state index is 4.47. The van der Waals surface area contributed by atoms with Crippen LogP contribution in [0.2, 0.25) is 0 Å². The molecule has 1 unspecified atom stereocenters. The first-order valence-corrected chi connectivity index (χ1v) is 5.16. The predicted octanol–water partition coefficient (Wildman–Crippen LogP) is 3.16. The van der Waals surface area contributed by atoms with E-state index in [1.807, 2.05) is 18.5 Å². The van der Waals surface area contributed by atoms with Gasteiger partial charge in [-0.15, -0.1) is 0 Å². The van der Waals surface area contributed by atoms with Crippen molar-refractivity contribution in [3.8, 4) is 0 Å². The second-order valence-electron chi connectivity index (χ2n) is 4.40. The summed E-state index contributed by atoms with van der Waals surface area (Å²) in [6.45, 7) is 6.49. The molecule has 1 aliphatic heterocycles. The number of hydrogen-bond acceptors (Lipinski definition) is 3. The Morgan fingerprint density at radius 1 is 1.13 bits per heavy atom. The van der Waals surface area contributed by atoms with Crippen molar-refractivity contribution in [2.45, 2.75) is 20.8 Å². The first-order valence-electron chi connectivity index (χ1n) is 5.16. The van der Waals surface area contributed by atoms with Gasteiger partial charge in [0.25, 0.3) is 0 Å². The lowest BCUT2D eigenvalue weighted by Crippen LogP contribution is -2.26. The molecule has 1 aromatic rings. The van der Waals surface area contributed by atoms with Crippen LogP contribution in [-0.2, 0) is 0 Å². The van der Waals surface area contributed by atoms with Crippen molar-refractivity contribution < 1.29 is 0 Å². The molecular formula is C12H15N3. The summed E-state index contributed by atoms with van der Waals surface area (Å²) in [6, 6.07) is 1.88. The Balaban J connectivity index is 2.46. The normalized spacial score (nSPS) is 24.0. The van der Waals surface area contributed by atoms with Gasteiger partial charge < -0.3 is 0 Å². The lowest BCUT2D eigenvalue weighted by molar-refractivity contribution is 0.464. The molecule has 1 atom stereocenters. The van der Waals surface area contributed by atoms with Gasteiger partial charge in [0.15, 0.2) is 0 Å². The number of fused-ring (bicyclic) bond motifs is 1. The summed E-state index contributed by atoms with van der Waals surface area (Å²) in [6.07, 6.45) is 7.43. The molecule has 1 aromatic heterocycles. The van der Waals surface area contributed by atoms with Gasteiger partial charge in [0.1, 0.15) is 5.69 Å². The summed E-state index contributed by atoms with van der Waals surface area (Å²) >= 11 is 0. The van der Waals surface area contributed by atoms with E-state index in [2.05, 4.69) is 35.7 Å². The zero-order valence-electron chi connectivity index (χ0n) is 9.31. The second-order valence-corrected chi connectivity index (χ2v) is 4.40. The van der Waals surface area contributed by atoms with Crippen LogP contribution in [0.1, 0.15) is 20.8 Å². The van der Waals surface area contributed by atoms with Crippen LogP contribution < -0.4 is 0 Å². The Kier molecular flexibility index (Phi) is 2.39. The summed E-state index contributed by atoms with van der Waals surface area (Å²) in [7, 11) is 0. The van der Waals surface area contributed by atoms with Gasteiger partial charge in [0, 0.05) is 24.0 Å². The largest absolute Gasteiger partial charge is 0.262 e. The maximum absolute atomic E-state index is 4.47. The average Bonchev–Trinajstić information content (AvgIpc) is 2.40. The monoisotopic (exact) mass is 201 g/mol. The van der Waals surface area contributed by atoms with Crippen molar-refractivity contribution in [3.05, 3.63) is 18.5 Å². The molecule has 2 heterocycles. The second kappa shape index (κ2) is 3.57. The lowest BCUT2D eigenvalue weighted by atomic mass is 9.81. The highest BCUT2D eigenvalue weighted by molar-refractivity contribution is 5.94. The summed E-state index contributed by atoms with van der Waals surface area (Å²) in [5.74, 6) is 0.479. The summed E-state index contributed by atoms with van der Waals surface area (Å²) in [5.41, 5.74) is 1.67. The number of rotatable bonds is 1. The molecule has 0 saturated carbocycles. The van der Waals surface area contributed by atoms with Crippen molar-refractivity contribution >= 4 is 23.8 Å². The quantitative estimate of drug-likeness (QED) is 0.687. The molecule has 0 bridgehead atoms. The van der Waals surface area contributed by atoms with Gasteiger partial charge in [0.2, 0.25) is 0 Å².